The Morgan fingerprint density at radius 3 is 1.37 bits per heavy atom. The average molecular weight is 491 g/mol. The van der Waals surface area contributed by atoms with Crippen LogP contribution in [0.25, 0.3) is 0 Å². The lowest BCUT2D eigenvalue weighted by molar-refractivity contribution is -0.139. The fourth-order valence-corrected chi connectivity index (χ4v) is 3.30. The van der Waals surface area contributed by atoms with Gasteiger partial charge >= 0.3 is 11.9 Å². The highest BCUT2D eigenvalue weighted by Gasteiger charge is 2.38. The lowest BCUT2D eigenvalue weighted by Crippen LogP contribution is -2.37. The molecule has 0 aromatic rings. The Balaban J connectivity index is 0.000000606. The summed E-state index contributed by atoms with van der Waals surface area (Å²) in [6, 6.07) is 0. The lowest BCUT2D eigenvalue weighted by Gasteiger charge is -2.34. The standard InChI is InChI=1S/C15H14N2O2.C6H10O4.C4H10O2/c18-12-16-14(7-3-1-4-8-14)11-15(17-13-19)9-5-2-6-10-15;7-5(8)3-1-2-4-6(9)10;5-3-1-2-4-6/h1-7,9H,8,10-11H2;1-4H2,(H,7,8)(H,9,10);5-6H,1-4H2. The fraction of sp³-hybridized carbons (Fsp3) is 0.520. The van der Waals surface area contributed by atoms with E-state index in [0.717, 1.165) is 12.8 Å². The number of aliphatic hydroxyl groups is 2. The first-order chi connectivity index (χ1) is 16.8. The molecule has 10 heteroatoms. The predicted octanol–water partition coefficient (Wildman–Crippen LogP) is 3.03. The van der Waals surface area contributed by atoms with Crippen molar-refractivity contribution in [3.63, 3.8) is 0 Å². The van der Waals surface area contributed by atoms with Crippen molar-refractivity contribution in [1.82, 2.24) is 0 Å². The van der Waals surface area contributed by atoms with E-state index in [1.165, 1.54) is 0 Å². The number of aliphatic imine (C=N–C) groups is 2. The second-order valence-electron chi connectivity index (χ2n) is 7.92. The molecule has 0 bridgehead atoms. The van der Waals surface area contributed by atoms with Gasteiger partial charge in [0.2, 0.25) is 12.2 Å². The van der Waals surface area contributed by atoms with Crippen molar-refractivity contribution in [3.05, 3.63) is 48.6 Å². The van der Waals surface area contributed by atoms with Crippen LogP contribution < -0.4 is 0 Å². The van der Waals surface area contributed by atoms with Crippen LogP contribution in [0.15, 0.2) is 58.6 Å². The fourth-order valence-electron chi connectivity index (χ4n) is 3.30. The molecule has 2 atom stereocenters. The van der Waals surface area contributed by atoms with Crippen LogP contribution in [0.1, 0.15) is 57.8 Å². The zero-order valence-corrected chi connectivity index (χ0v) is 19.7. The van der Waals surface area contributed by atoms with E-state index < -0.39 is 23.0 Å². The number of nitrogens with zero attached hydrogens (tertiary/aromatic N) is 2. The first kappa shape index (κ1) is 31.6. The van der Waals surface area contributed by atoms with E-state index in [-0.39, 0.29) is 26.1 Å². The smallest absolute Gasteiger partial charge is 0.303 e. The number of carbonyl (C=O) groups excluding carboxylic acids is 2. The Labute approximate surface area is 204 Å². The zero-order chi connectivity index (χ0) is 26.4. The van der Waals surface area contributed by atoms with Crippen LogP contribution in [0.2, 0.25) is 0 Å². The number of carboxylic acid groups (broad SMARTS) is 2. The van der Waals surface area contributed by atoms with E-state index in [4.69, 9.17) is 20.4 Å². The Morgan fingerprint density at radius 1 is 0.714 bits per heavy atom. The first-order valence-electron chi connectivity index (χ1n) is 11.3. The highest BCUT2D eigenvalue weighted by atomic mass is 16.4. The molecule has 4 N–H and O–H groups in total. The number of carbonyl (C=O) groups is 2. The van der Waals surface area contributed by atoms with Gasteiger partial charge in [0.25, 0.3) is 0 Å². The molecule has 0 saturated heterocycles. The number of aliphatic carboxylic acids is 2. The van der Waals surface area contributed by atoms with Crippen molar-refractivity contribution in [2.24, 2.45) is 9.98 Å². The molecular weight excluding hydrogens is 456 g/mol. The Kier molecular flexibility index (Phi) is 17.1. The summed E-state index contributed by atoms with van der Waals surface area (Å²) in [6.07, 6.45) is 22.5. The molecule has 0 saturated carbocycles. The van der Waals surface area contributed by atoms with Crippen molar-refractivity contribution >= 4 is 24.1 Å². The monoisotopic (exact) mass is 490 g/mol. The minimum atomic E-state index is -0.870. The molecule has 0 heterocycles. The maximum Gasteiger partial charge on any atom is 0.303 e. The highest BCUT2D eigenvalue weighted by molar-refractivity contribution is 5.67. The van der Waals surface area contributed by atoms with Gasteiger partial charge in [0.05, 0.1) is 11.1 Å². The van der Waals surface area contributed by atoms with Gasteiger partial charge in [0, 0.05) is 32.5 Å². The van der Waals surface area contributed by atoms with Crippen LogP contribution in [-0.2, 0) is 19.2 Å². The van der Waals surface area contributed by atoms with Gasteiger partial charge in [-0.05, 0) is 38.5 Å². The molecule has 0 radical (unpaired) electrons. The number of rotatable bonds is 12. The number of unbranched alkanes of at least 4 members (excludes halogenated alkanes) is 2. The Hall–Kier alpha value is -3.42. The van der Waals surface area contributed by atoms with E-state index in [1.807, 2.05) is 48.6 Å². The first-order valence-corrected chi connectivity index (χ1v) is 11.3. The summed E-state index contributed by atoms with van der Waals surface area (Å²) in [5, 5.41) is 32.4. The van der Waals surface area contributed by atoms with Gasteiger partial charge in [-0.1, -0.05) is 48.6 Å². The largest absolute Gasteiger partial charge is 0.481 e. The molecule has 0 aliphatic heterocycles. The summed E-state index contributed by atoms with van der Waals surface area (Å²) in [6.45, 7) is 0.390. The van der Waals surface area contributed by atoms with Gasteiger partial charge in [-0.15, -0.1) is 0 Å². The molecule has 0 amide bonds. The molecule has 10 nitrogen and oxygen atoms in total. The number of allylic oxidation sites excluding steroid dienone is 4. The number of hydrogen-bond acceptors (Lipinski definition) is 8. The van der Waals surface area contributed by atoms with E-state index in [9.17, 15) is 19.2 Å². The van der Waals surface area contributed by atoms with Gasteiger partial charge in [-0.25, -0.2) is 9.59 Å². The molecule has 2 aliphatic carbocycles. The van der Waals surface area contributed by atoms with Crippen molar-refractivity contribution in [2.45, 2.75) is 68.9 Å². The van der Waals surface area contributed by atoms with E-state index in [0.29, 0.717) is 32.1 Å². The molecule has 0 spiro atoms. The van der Waals surface area contributed by atoms with E-state index >= 15 is 0 Å². The molecule has 2 aliphatic rings. The number of hydrogen-bond donors (Lipinski definition) is 4. The minimum absolute atomic E-state index is 0.0628. The summed E-state index contributed by atoms with van der Waals surface area (Å²) >= 11 is 0. The van der Waals surface area contributed by atoms with Crippen molar-refractivity contribution in [3.8, 4) is 0 Å². The summed E-state index contributed by atoms with van der Waals surface area (Å²) in [5.41, 5.74) is -1.35. The van der Waals surface area contributed by atoms with Crippen LogP contribution in [0.5, 0.6) is 0 Å². The van der Waals surface area contributed by atoms with Gasteiger partial charge in [-0.2, -0.15) is 9.98 Å². The summed E-state index contributed by atoms with van der Waals surface area (Å²) in [4.78, 5) is 49.1. The molecule has 0 fully saturated rings. The van der Waals surface area contributed by atoms with E-state index in [2.05, 4.69) is 9.98 Å². The molecular formula is C25H34N2O8. The average Bonchev–Trinajstić information content (AvgIpc) is 2.82. The van der Waals surface area contributed by atoms with Gasteiger partial charge in [0.1, 0.15) is 0 Å². The Morgan fingerprint density at radius 2 is 1.11 bits per heavy atom. The van der Waals surface area contributed by atoms with Crippen molar-refractivity contribution in [1.29, 1.82) is 0 Å². The molecule has 2 rings (SSSR count). The molecule has 35 heavy (non-hydrogen) atoms. The topological polar surface area (TPSA) is 174 Å². The summed E-state index contributed by atoms with van der Waals surface area (Å²) < 4.78 is 0. The zero-order valence-electron chi connectivity index (χ0n) is 19.7. The van der Waals surface area contributed by atoms with Crippen molar-refractivity contribution < 1.29 is 39.6 Å². The third kappa shape index (κ3) is 15.2. The minimum Gasteiger partial charge on any atom is -0.481 e. The van der Waals surface area contributed by atoms with Crippen LogP contribution in [0.3, 0.4) is 0 Å². The summed E-state index contributed by atoms with van der Waals surface area (Å²) in [5.74, 6) is -1.74. The van der Waals surface area contributed by atoms with Gasteiger partial charge in [0.15, 0.2) is 0 Å². The third-order valence-corrected chi connectivity index (χ3v) is 5.00. The maximum absolute atomic E-state index is 10.7. The number of carboxylic acids is 2. The second-order valence-corrected chi connectivity index (χ2v) is 7.92. The van der Waals surface area contributed by atoms with Gasteiger partial charge < -0.3 is 20.4 Å². The molecule has 0 aromatic carbocycles. The number of aliphatic hydroxyl groups excluding tert-OH is 2. The quantitative estimate of drug-likeness (QED) is 0.183. The Bertz CT molecular complexity index is 797. The van der Waals surface area contributed by atoms with Crippen LogP contribution in [0.4, 0.5) is 0 Å². The molecule has 2 unspecified atom stereocenters. The third-order valence-electron chi connectivity index (χ3n) is 5.00. The van der Waals surface area contributed by atoms with Crippen LogP contribution in [-0.4, -0.2) is 68.8 Å². The normalized spacial score (nSPS) is 21.3. The highest BCUT2D eigenvalue weighted by Crippen LogP contribution is 2.37. The second kappa shape index (κ2) is 18.9. The number of isocyanates is 2. The lowest BCUT2D eigenvalue weighted by atomic mass is 9.76. The van der Waals surface area contributed by atoms with Crippen LogP contribution in [0, 0.1) is 0 Å². The predicted molar refractivity (Wildman–Crippen MR) is 129 cm³/mol. The molecule has 192 valence electrons. The maximum atomic E-state index is 10.7. The molecule has 0 aromatic heterocycles. The van der Waals surface area contributed by atoms with Crippen molar-refractivity contribution in [2.75, 3.05) is 13.2 Å². The van der Waals surface area contributed by atoms with Gasteiger partial charge in [-0.3, -0.25) is 9.59 Å². The van der Waals surface area contributed by atoms with Crippen LogP contribution >= 0.6 is 0 Å². The summed E-state index contributed by atoms with van der Waals surface area (Å²) in [7, 11) is 0. The van der Waals surface area contributed by atoms with E-state index in [1.54, 1.807) is 12.2 Å². The SMILES string of the molecule is O=C(O)CCCCC(=O)O.O=C=NC1(CC2(N=C=O)C=CC=CC2)C=CC=CC1.OCCCCO.